The van der Waals surface area contributed by atoms with Gasteiger partial charge in [-0.2, -0.15) is 0 Å². The van der Waals surface area contributed by atoms with Crippen molar-refractivity contribution in [2.24, 2.45) is 5.73 Å². The highest BCUT2D eigenvalue weighted by atomic mass is 79.9. The van der Waals surface area contributed by atoms with Gasteiger partial charge < -0.3 is 15.3 Å². The van der Waals surface area contributed by atoms with Crippen molar-refractivity contribution in [3.05, 3.63) is 90.3 Å². The minimum Gasteiger partial charge on any atom is -0.456 e. The van der Waals surface area contributed by atoms with Gasteiger partial charge in [0.05, 0.1) is 11.6 Å². The fourth-order valence-electron chi connectivity index (χ4n) is 3.75. The summed E-state index contributed by atoms with van der Waals surface area (Å²) >= 11 is 3.70. The third-order valence-corrected chi connectivity index (χ3v) is 6.60. The smallest absolute Gasteiger partial charge is 0.135 e. The molecule has 0 spiro atoms. The van der Waals surface area contributed by atoms with Crippen LogP contribution in [0.5, 0.6) is 0 Å². The molecule has 0 amide bonds. The number of nitrogens with zero attached hydrogens (tertiary/aromatic N) is 1. The van der Waals surface area contributed by atoms with Crippen LogP contribution >= 0.6 is 15.9 Å². The van der Waals surface area contributed by atoms with E-state index in [0.29, 0.717) is 5.70 Å². The molecule has 0 fully saturated rings. The lowest BCUT2D eigenvalue weighted by Gasteiger charge is -2.34. The van der Waals surface area contributed by atoms with Gasteiger partial charge in [-0.1, -0.05) is 58.4 Å². The molecule has 5 heteroatoms. The third-order valence-electron chi connectivity index (χ3n) is 5.24. The number of pyridine rings is 1. The van der Waals surface area contributed by atoms with Gasteiger partial charge >= 0.3 is 0 Å². The maximum Gasteiger partial charge on any atom is 0.135 e. The number of aromatic nitrogens is 1. The maximum atomic E-state index is 10.6. The van der Waals surface area contributed by atoms with E-state index in [-0.39, 0.29) is 0 Å². The van der Waals surface area contributed by atoms with Crippen molar-refractivity contribution in [3.63, 3.8) is 0 Å². The number of allylic oxidation sites excluding steroid dienone is 2. The largest absolute Gasteiger partial charge is 0.456 e. The molecule has 138 valence electrons. The summed E-state index contributed by atoms with van der Waals surface area (Å²) in [5, 5.41) is 12.6. The number of furan rings is 1. The zero-order chi connectivity index (χ0) is 19.3. The molecule has 4 aromatic rings. The van der Waals surface area contributed by atoms with E-state index < -0.39 is 10.4 Å². The lowest BCUT2D eigenvalue weighted by atomic mass is 9.85. The second-order valence-corrected chi connectivity index (χ2v) is 8.15. The zero-order valence-corrected chi connectivity index (χ0v) is 16.4. The molecule has 2 atom stereocenters. The van der Waals surface area contributed by atoms with E-state index in [1.54, 1.807) is 24.4 Å². The van der Waals surface area contributed by atoms with Gasteiger partial charge in [-0.3, -0.25) is 4.98 Å². The van der Waals surface area contributed by atoms with Crippen molar-refractivity contribution in [1.82, 2.24) is 4.98 Å². The summed E-state index contributed by atoms with van der Waals surface area (Å²) in [6.45, 7) is 0. The molecule has 0 saturated carbocycles. The van der Waals surface area contributed by atoms with Crippen molar-refractivity contribution in [2.75, 3.05) is 0 Å². The van der Waals surface area contributed by atoms with Crippen molar-refractivity contribution in [2.45, 2.75) is 10.4 Å². The van der Waals surface area contributed by atoms with E-state index in [2.05, 4.69) is 20.9 Å². The second-order valence-electron chi connectivity index (χ2n) is 6.90. The van der Waals surface area contributed by atoms with E-state index >= 15 is 0 Å². The summed E-state index contributed by atoms with van der Waals surface area (Å²) < 4.78 is 5.10. The van der Waals surface area contributed by atoms with Crippen LogP contribution in [0, 0.1) is 0 Å². The Kier molecular flexibility index (Phi) is 3.89. The molecular weight excluding hydrogens is 416 g/mol. The normalized spacial score (nSPS) is 21.9. The summed E-state index contributed by atoms with van der Waals surface area (Å²) in [6.07, 6.45) is 6.25. The number of aliphatic hydroxyl groups excluding tert-OH is 1. The number of halogens is 1. The molecule has 1 aliphatic carbocycles. The number of alkyl halides is 1. The van der Waals surface area contributed by atoms with Gasteiger partial charge in [-0.25, -0.2) is 0 Å². The van der Waals surface area contributed by atoms with Crippen molar-refractivity contribution < 1.29 is 9.52 Å². The van der Waals surface area contributed by atoms with Gasteiger partial charge in [0.25, 0.3) is 0 Å². The van der Waals surface area contributed by atoms with Crippen LogP contribution in [0.4, 0.5) is 0 Å². The molecule has 0 bridgehead atoms. The predicted molar refractivity (Wildman–Crippen MR) is 115 cm³/mol. The number of benzene rings is 2. The molecule has 4 nitrogen and oxygen atoms in total. The van der Waals surface area contributed by atoms with Gasteiger partial charge in [0.2, 0.25) is 0 Å². The highest BCUT2D eigenvalue weighted by molar-refractivity contribution is 9.09. The second kappa shape index (κ2) is 6.33. The molecule has 2 aromatic carbocycles. The Morgan fingerprint density at radius 2 is 1.96 bits per heavy atom. The van der Waals surface area contributed by atoms with Crippen molar-refractivity contribution in [3.8, 4) is 11.3 Å². The molecule has 1 aliphatic rings. The van der Waals surface area contributed by atoms with Crippen LogP contribution < -0.4 is 5.73 Å². The van der Waals surface area contributed by atoms with Crippen LogP contribution in [-0.4, -0.2) is 16.2 Å². The molecule has 0 aliphatic heterocycles. The van der Waals surface area contributed by atoms with Crippen LogP contribution in [0.1, 0.15) is 5.56 Å². The molecule has 2 unspecified atom stereocenters. The van der Waals surface area contributed by atoms with Crippen LogP contribution in [0.2, 0.25) is 0 Å². The van der Waals surface area contributed by atoms with Gasteiger partial charge in [0.1, 0.15) is 15.7 Å². The minimum absolute atomic E-state index is 0.552. The Labute approximate surface area is 170 Å². The van der Waals surface area contributed by atoms with E-state index in [1.807, 2.05) is 54.6 Å². The van der Waals surface area contributed by atoms with Crippen LogP contribution in [-0.2, 0) is 4.32 Å². The lowest BCUT2D eigenvalue weighted by Crippen LogP contribution is -2.39. The average molecular weight is 433 g/mol. The number of rotatable bonds is 2. The van der Waals surface area contributed by atoms with Gasteiger partial charge in [-0.15, -0.1) is 0 Å². The van der Waals surface area contributed by atoms with Crippen LogP contribution in [0.25, 0.3) is 33.2 Å². The summed E-state index contributed by atoms with van der Waals surface area (Å²) in [4.78, 5) is 4.54. The van der Waals surface area contributed by atoms with Gasteiger partial charge in [0.15, 0.2) is 0 Å². The molecule has 0 saturated heterocycles. The van der Waals surface area contributed by atoms with Crippen molar-refractivity contribution >= 4 is 37.8 Å². The quantitative estimate of drug-likeness (QED) is 0.436. The van der Waals surface area contributed by atoms with E-state index in [9.17, 15) is 5.11 Å². The Bertz CT molecular complexity index is 1240. The Balaban J connectivity index is 1.67. The molecule has 28 heavy (non-hydrogen) atoms. The first-order valence-electron chi connectivity index (χ1n) is 8.97. The lowest BCUT2D eigenvalue weighted by molar-refractivity contribution is 0.190. The number of nitrogens with two attached hydrogens (primary N) is 1. The molecule has 5 rings (SSSR count). The van der Waals surface area contributed by atoms with Crippen LogP contribution in [0.3, 0.4) is 0 Å². The maximum absolute atomic E-state index is 10.6. The summed E-state index contributed by atoms with van der Waals surface area (Å²) in [5.41, 5.74) is 10.3. The van der Waals surface area contributed by atoms with Crippen LogP contribution in [0.15, 0.2) is 89.1 Å². The number of hydrogen-bond acceptors (Lipinski definition) is 4. The molecule has 2 heterocycles. The van der Waals surface area contributed by atoms with Gasteiger partial charge in [0, 0.05) is 28.2 Å². The molecule has 0 radical (unpaired) electrons. The summed E-state index contributed by atoms with van der Waals surface area (Å²) in [5.74, 6) is 0.795. The standard InChI is InChI=1S/C23H17BrN2O2/c24-23(21(25)6-3-7-22(23)27)17-10-11-26-18-12-15(8-9-16(17)18)20-13-14-4-1-2-5-19(14)28-20/h1-13,22,27H,25H2. The SMILES string of the molecule is NC1=CC=CC(O)C1(Br)c1ccnc2cc(-c3cc4ccccc4o3)ccc12. The first-order valence-corrected chi connectivity index (χ1v) is 9.76. The number of aliphatic hydroxyl groups is 1. The first-order chi connectivity index (χ1) is 13.6. The van der Waals surface area contributed by atoms with E-state index in [4.69, 9.17) is 10.2 Å². The monoisotopic (exact) mass is 432 g/mol. The summed E-state index contributed by atoms with van der Waals surface area (Å²) in [7, 11) is 0. The highest BCUT2D eigenvalue weighted by Gasteiger charge is 2.41. The molecule has 2 aromatic heterocycles. The first kappa shape index (κ1) is 17.2. The fraction of sp³-hybridized carbons (Fsp3) is 0.0870. The summed E-state index contributed by atoms with van der Waals surface area (Å²) in [6, 6.07) is 17.9. The average Bonchev–Trinajstić information content (AvgIpc) is 3.15. The Hall–Kier alpha value is -2.89. The third kappa shape index (κ3) is 2.51. The van der Waals surface area contributed by atoms with E-state index in [1.165, 1.54) is 0 Å². The van der Waals surface area contributed by atoms with Crippen molar-refractivity contribution in [1.29, 1.82) is 0 Å². The Morgan fingerprint density at radius 3 is 2.79 bits per heavy atom. The Morgan fingerprint density at radius 1 is 1.11 bits per heavy atom. The number of hydrogen-bond donors (Lipinski definition) is 2. The zero-order valence-electron chi connectivity index (χ0n) is 14.8. The number of para-hydroxylation sites is 1. The molecule has 3 N–H and O–H groups in total. The fourth-order valence-corrected chi connectivity index (χ4v) is 4.38. The van der Waals surface area contributed by atoms with E-state index in [0.717, 1.165) is 38.8 Å². The predicted octanol–water partition coefficient (Wildman–Crippen LogP) is 5.01. The van der Waals surface area contributed by atoms with Gasteiger partial charge in [-0.05, 0) is 35.9 Å². The molecular formula is C23H17BrN2O2. The minimum atomic E-state index is -0.885. The number of fused-ring (bicyclic) bond motifs is 2. The highest BCUT2D eigenvalue weighted by Crippen LogP contribution is 2.45. The topological polar surface area (TPSA) is 72.3 Å².